The Bertz CT molecular complexity index is 737. The zero-order valence-electron chi connectivity index (χ0n) is 12.9. The fourth-order valence-electron chi connectivity index (χ4n) is 2.09. The van der Waals surface area contributed by atoms with Crippen molar-refractivity contribution >= 4 is 21.4 Å². The van der Waals surface area contributed by atoms with Gasteiger partial charge in [0.15, 0.2) is 11.5 Å². The molecule has 120 valence electrons. The van der Waals surface area contributed by atoms with Crippen LogP contribution in [0.15, 0.2) is 39.9 Å². The van der Waals surface area contributed by atoms with E-state index in [1.54, 1.807) is 57.7 Å². The van der Waals surface area contributed by atoms with Gasteiger partial charge in [-0.25, -0.2) is 13.1 Å². The summed E-state index contributed by atoms with van der Waals surface area (Å²) >= 11 is 1.18. The number of sulfonamides is 1. The van der Waals surface area contributed by atoms with Gasteiger partial charge in [-0.3, -0.25) is 0 Å². The van der Waals surface area contributed by atoms with E-state index in [0.717, 1.165) is 5.56 Å². The number of ether oxygens (including phenoxy) is 2. The standard InChI is InChI=1S/C15H19NO4S2/c1-15(2,16-22(17,18)14-6-5-9-21-14)11-7-8-12(19-3)13(10-11)20-4/h5-10,16H,1-4H3. The minimum absolute atomic E-state index is 0.293. The van der Waals surface area contributed by atoms with Crippen LogP contribution in [0.2, 0.25) is 0 Å². The molecule has 0 aliphatic carbocycles. The molecule has 2 rings (SSSR count). The fraction of sp³-hybridized carbons (Fsp3) is 0.333. The van der Waals surface area contributed by atoms with Gasteiger partial charge < -0.3 is 9.47 Å². The van der Waals surface area contributed by atoms with E-state index in [4.69, 9.17) is 9.47 Å². The van der Waals surface area contributed by atoms with Crippen LogP contribution in [0.3, 0.4) is 0 Å². The molecule has 0 aliphatic heterocycles. The molecule has 0 radical (unpaired) electrons. The molecule has 0 saturated heterocycles. The molecule has 5 nitrogen and oxygen atoms in total. The third-order valence-corrected chi connectivity index (χ3v) is 6.31. The van der Waals surface area contributed by atoms with Crippen molar-refractivity contribution in [2.24, 2.45) is 0 Å². The maximum atomic E-state index is 12.4. The summed E-state index contributed by atoms with van der Waals surface area (Å²) < 4.78 is 38.3. The predicted octanol–water partition coefficient (Wildman–Crippen LogP) is 2.98. The third-order valence-electron chi connectivity index (χ3n) is 3.25. The summed E-state index contributed by atoms with van der Waals surface area (Å²) in [5, 5.41) is 1.73. The molecule has 0 spiro atoms. The number of methoxy groups -OCH3 is 2. The number of rotatable bonds is 6. The molecule has 0 amide bonds. The highest BCUT2D eigenvalue weighted by molar-refractivity contribution is 7.91. The Morgan fingerprint density at radius 2 is 1.77 bits per heavy atom. The van der Waals surface area contributed by atoms with Gasteiger partial charge in [0.2, 0.25) is 0 Å². The first-order valence-electron chi connectivity index (χ1n) is 6.60. The zero-order chi connectivity index (χ0) is 16.4. The highest BCUT2D eigenvalue weighted by Gasteiger charge is 2.29. The first kappa shape index (κ1) is 16.8. The van der Waals surface area contributed by atoms with E-state index in [-0.39, 0.29) is 0 Å². The van der Waals surface area contributed by atoms with Crippen LogP contribution in [0, 0.1) is 0 Å². The monoisotopic (exact) mass is 341 g/mol. The second kappa shape index (κ2) is 6.28. The SMILES string of the molecule is COc1ccc(C(C)(C)NS(=O)(=O)c2cccs2)cc1OC. The topological polar surface area (TPSA) is 64.6 Å². The molecular formula is C15H19NO4S2. The van der Waals surface area contributed by atoms with Crippen LogP contribution < -0.4 is 14.2 Å². The first-order valence-corrected chi connectivity index (χ1v) is 8.96. The number of hydrogen-bond donors (Lipinski definition) is 1. The number of benzene rings is 1. The smallest absolute Gasteiger partial charge is 0.250 e. The molecule has 1 N–H and O–H groups in total. The van der Waals surface area contributed by atoms with Gasteiger partial charge in [0.25, 0.3) is 10.0 Å². The summed E-state index contributed by atoms with van der Waals surface area (Å²) in [5.74, 6) is 1.16. The molecule has 0 aliphatic rings. The third kappa shape index (κ3) is 3.43. The van der Waals surface area contributed by atoms with Gasteiger partial charge in [-0.2, -0.15) is 0 Å². The first-order chi connectivity index (χ1) is 10.3. The molecule has 1 aromatic heterocycles. The average Bonchev–Trinajstić information content (AvgIpc) is 3.00. The summed E-state index contributed by atoms with van der Waals surface area (Å²) in [6.45, 7) is 3.61. The largest absolute Gasteiger partial charge is 0.493 e. The Hall–Kier alpha value is -1.57. The molecule has 0 bridgehead atoms. The van der Waals surface area contributed by atoms with E-state index in [1.165, 1.54) is 11.3 Å². The Morgan fingerprint density at radius 3 is 2.32 bits per heavy atom. The average molecular weight is 341 g/mol. The molecule has 0 saturated carbocycles. The maximum absolute atomic E-state index is 12.4. The van der Waals surface area contributed by atoms with Crippen LogP contribution in [0.5, 0.6) is 11.5 Å². The lowest BCUT2D eigenvalue weighted by Crippen LogP contribution is -2.40. The van der Waals surface area contributed by atoms with E-state index in [0.29, 0.717) is 15.7 Å². The minimum atomic E-state index is -3.56. The lowest BCUT2D eigenvalue weighted by Gasteiger charge is -2.27. The van der Waals surface area contributed by atoms with Crippen molar-refractivity contribution in [3.63, 3.8) is 0 Å². The minimum Gasteiger partial charge on any atom is -0.493 e. The van der Waals surface area contributed by atoms with Crippen molar-refractivity contribution in [2.45, 2.75) is 23.6 Å². The van der Waals surface area contributed by atoms with Crippen LogP contribution in [0.25, 0.3) is 0 Å². The Balaban J connectivity index is 2.34. The van der Waals surface area contributed by atoms with Gasteiger partial charge in [-0.15, -0.1) is 11.3 Å². The number of nitrogens with one attached hydrogen (secondary N) is 1. The van der Waals surface area contributed by atoms with Crippen LogP contribution in [0.1, 0.15) is 19.4 Å². The molecule has 0 unspecified atom stereocenters. The predicted molar refractivity (Wildman–Crippen MR) is 87.2 cm³/mol. The van der Waals surface area contributed by atoms with E-state index in [9.17, 15) is 8.42 Å². The molecule has 22 heavy (non-hydrogen) atoms. The van der Waals surface area contributed by atoms with Crippen LogP contribution in [0.4, 0.5) is 0 Å². The Kier molecular flexibility index (Phi) is 4.79. The van der Waals surface area contributed by atoms with Crippen molar-refractivity contribution in [1.82, 2.24) is 4.72 Å². The highest BCUT2D eigenvalue weighted by atomic mass is 32.2. The van der Waals surface area contributed by atoms with Crippen molar-refractivity contribution in [2.75, 3.05) is 14.2 Å². The molecule has 7 heteroatoms. The summed E-state index contributed by atoms with van der Waals surface area (Å²) in [7, 11) is -0.458. The van der Waals surface area contributed by atoms with Gasteiger partial charge in [-0.1, -0.05) is 12.1 Å². The summed E-state index contributed by atoms with van der Waals surface area (Å²) in [6, 6.07) is 8.64. The summed E-state index contributed by atoms with van der Waals surface area (Å²) in [5.41, 5.74) is -0.00664. The number of hydrogen-bond acceptors (Lipinski definition) is 5. The van der Waals surface area contributed by atoms with Crippen molar-refractivity contribution < 1.29 is 17.9 Å². The van der Waals surface area contributed by atoms with E-state index in [1.807, 2.05) is 6.07 Å². The molecule has 0 atom stereocenters. The maximum Gasteiger partial charge on any atom is 0.250 e. The van der Waals surface area contributed by atoms with Crippen LogP contribution in [-0.2, 0) is 15.6 Å². The van der Waals surface area contributed by atoms with Crippen molar-refractivity contribution in [3.05, 3.63) is 41.3 Å². The Morgan fingerprint density at radius 1 is 1.09 bits per heavy atom. The van der Waals surface area contributed by atoms with E-state index in [2.05, 4.69) is 4.72 Å². The van der Waals surface area contributed by atoms with Crippen LogP contribution >= 0.6 is 11.3 Å². The van der Waals surface area contributed by atoms with E-state index >= 15 is 0 Å². The quantitative estimate of drug-likeness (QED) is 0.877. The fourth-order valence-corrected chi connectivity index (χ4v) is 4.48. The van der Waals surface area contributed by atoms with Crippen molar-refractivity contribution in [1.29, 1.82) is 0 Å². The lowest BCUT2D eigenvalue weighted by atomic mass is 9.95. The van der Waals surface area contributed by atoms with Gasteiger partial charge in [0.05, 0.1) is 19.8 Å². The van der Waals surface area contributed by atoms with Gasteiger partial charge in [0.1, 0.15) is 4.21 Å². The molecular weight excluding hydrogens is 322 g/mol. The molecule has 1 aromatic carbocycles. The Labute approximate surface area is 134 Å². The van der Waals surface area contributed by atoms with Gasteiger partial charge >= 0.3 is 0 Å². The normalized spacial score (nSPS) is 12.2. The molecule has 2 aromatic rings. The van der Waals surface area contributed by atoms with E-state index < -0.39 is 15.6 Å². The molecule has 0 fully saturated rings. The van der Waals surface area contributed by atoms with Crippen LogP contribution in [-0.4, -0.2) is 22.6 Å². The zero-order valence-corrected chi connectivity index (χ0v) is 14.5. The lowest BCUT2D eigenvalue weighted by molar-refractivity contribution is 0.352. The van der Waals surface area contributed by atoms with Crippen molar-refractivity contribution in [3.8, 4) is 11.5 Å². The van der Waals surface area contributed by atoms with Gasteiger partial charge in [-0.05, 0) is 43.0 Å². The summed E-state index contributed by atoms with van der Waals surface area (Å²) in [6.07, 6.45) is 0. The second-order valence-electron chi connectivity index (χ2n) is 5.23. The van der Waals surface area contributed by atoms with Gasteiger partial charge in [0, 0.05) is 0 Å². The summed E-state index contributed by atoms with van der Waals surface area (Å²) in [4.78, 5) is 0. The highest BCUT2D eigenvalue weighted by Crippen LogP contribution is 2.33. The second-order valence-corrected chi connectivity index (χ2v) is 8.09. The number of thiophene rings is 1. The molecule has 1 heterocycles.